The Balaban J connectivity index is 2.36. The van der Waals surface area contributed by atoms with Crippen LogP contribution in [0.4, 0.5) is 0 Å². The zero-order valence-corrected chi connectivity index (χ0v) is 17.5. The number of nitrogens with zero attached hydrogens (tertiary/aromatic N) is 1. The summed E-state index contributed by atoms with van der Waals surface area (Å²) < 4.78 is 8.05. The average Bonchev–Trinajstić information content (AvgIpc) is 2.55. The number of esters is 2. The van der Waals surface area contributed by atoms with E-state index in [1.165, 1.54) is 25.0 Å². The molecule has 2 atom stereocenters. The summed E-state index contributed by atoms with van der Waals surface area (Å²) in [5.74, 6) is -2.31. The highest BCUT2D eigenvalue weighted by atomic mass is 35.6. The number of fused-ring (bicyclic) bond motifs is 1. The van der Waals surface area contributed by atoms with Crippen LogP contribution in [0.2, 0.25) is 0 Å². The Morgan fingerprint density at radius 1 is 1.30 bits per heavy atom. The summed E-state index contributed by atoms with van der Waals surface area (Å²) in [7, 11) is 0. The van der Waals surface area contributed by atoms with Gasteiger partial charge in [-0.15, -0.1) is 0 Å². The topological polar surface area (TPSA) is 102 Å². The number of halogens is 3. The zero-order chi connectivity index (χ0) is 20.5. The molecule has 0 aromatic rings. The zero-order valence-electron chi connectivity index (χ0n) is 14.4. The third kappa shape index (κ3) is 5.10. The van der Waals surface area contributed by atoms with Crippen molar-refractivity contribution in [3.8, 4) is 0 Å². The second kappa shape index (κ2) is 8.30. The van der Waals surface area contributed by atoms with Crippen molar-refractivity contribution in [2.75, 3.05) is 6.61 Å². The second-order valence-electron chi connectivity index (χ2n) is 5.65. The molecule has 12 heteroatoms. The van der Waals surface area contributed by atoms with E-state index in [9.17, 15) is 19.2 Å². The van der Waals surface area contributed by atoms with Gasteiger partial charge in [-0.2, -0.15) is 0 Å². The van der Waals surface area contributed by atoms with Gasteiger partial charge in [-0.3, -0.25) is 19.3 Å². The lowest BCUT2D eigenvalue weighted by atomic mass is 10.0. The maximum absolute atomic E-state index is 12.5. The monoisotopic (exact) mass is 456 g/mol. The first-order valence-electron chi connectivity index (χ1n) is 7.51. The molecule has 0 saturated carbocycles. The molecule has 148 valence electrons. The van der Waals surface area contributed by atoms with E-state index in [1.807, 2.05) is 0 Å². The van der Waals surface area contributed by atoms with E-state index >= 15 is 0 Å². The van der Waals surface area contributed by atoms with Gasteiger partial charge in [0.05, 0.1) is 0 Å². The Bertz CT molecular complexity index is 761. The van der Waals surface area contributed by atoms with Crippen LogP contribution in [-0.4, -0.2) is 50.5 Å². The van der Waals surface area contributed by atoms with Gasteiger partial charge in [0, 0.05) is 18.8 Å². The number of rotatable bonds is 4. The molecule has 1 saturated heterocycles. The number of alkyl halides is 3. The van der Waals surface area contributed by atoms with Crippen LogP contribution in [-0.2, 0) is 28.7 Å². The first kappa shape index (κ1) is 21.9. The minimum absolute atomic E-state index is 0.0713. The molecule has 8 nitrogen and oxygen atoms in total. The highest BCUT2D eigenvalue weighted by molar-refractivity contribution is 8.04. The van der Waals surface area contributed by atoms with Crippen molar-refractivity contribution in [3.05, 3.63) is 22.4 Å². The number of ether oxygens (including phenoxy) is 2. The van der Waals surface area contributed by atoms with Crippen LogP contribution in [0, 0.1) is 0 Å². The van der Waals surface area contributed by atoms with Crippen LogP contribution in [0.1, 0.15) is 20.8 Å². The first-order valence-corrected chi connectivity index (χ1v) is 9.53. The van der Waals surface area contributed by atoms with Crippen molar-refractivity contribution in [3.63, 3.8) is 0 Å². The lowest BCUT2D eigenvalue weighted by molar-refractivity contribution is -0.152. The lowest BCUT2D eigenvalue weighted by Crippen LogP contribution is -2.70. The summed E-state index contributed by atoms with van der Waals surface area (Å²) in [4.78, 5) is 49.0. The van der Waals surface area contributed by atoms with E-state index in [-0.39, 0.29) is 5.70 Å². The molecule has 0 aromatic heterocycles. The van der Waals surface area contributed by atoms with Crippen molar-refractivity contribution in [2.45, 2.75) is 36.0 Å². The van der Waals surface area contributed by atoms with Gasteiger partial charge in [-0.25, -0.2) is 4.79 Å². The molecule has 0 bridgehead atoms. The van der Waals surface area contributed by atoms with Crippen molar-refractivity contribution < 1.29 is 28.7 Å². The highest BCUT2D eigenvalue weighted by Gasteiger charge is 2.55. The molecule has 2 amide bonds. The number of carbonyl (C=O) groups excluding carboxylic acids is 4. The van der Waals surface area contributed by atoms with Crippen LogP contribution in [0.15, 0.2) is 22.4 Å². The molecule has 0 spiro atoms. The smallest absolute Gasteiger partial charge is 0.355 e. The van der Waals surface area contributed by atoms with Crippen molar-refractivity contribution in [1.82, 2.24) is 10.2 Å². The fourth-order valence-electron chi connectivity index (χ4n) is 2.41. The standard InChI is InChI=1S/C15H15Cl3N2O6S/c1-6-9(4-25-8(3)22)27-13-10(19-7(2)21)12(23)20(13)11(6)14(24)26-5-15(16,17)18/h4,10,13H,5H2,1-3H3,(H,19,21)/b9-4+/t10?,13-/m1/s1. The Morgan fingerprint density at radius 3 is 2.44 bits per heavy atom. The maximum Gasteiger partial charge on any atom is 0.355 e. The number of β-lactam (4-membered cyclic amide) rings is 1. The summed E-state index contributed by atoms with van der Waals surface area (Å²) in [6.07, 6.45) is 1.18. The first-order chi connectivity index (χ1) is 12.4. The SMILES string of the molecule is CC(=O)NC1C(=O)N2C(C(=O)OCC(Cl)(Cl)Cl)=C(C)/C(=C\OC(C)=O)S[C@H]12. The number of hydrogen-bond acceptors (Lipinski definition) is 7. The second-order valence-corrected chi connectivity index (χ2v) is 9.33. The van der Waals surface area contributed by atoms with Crippen LogP contribution < -0.4 is 5.32 Å². The number of amides is 2. The van der Waals surface area contributed by atoms with Gasteiger partial charge in [0.2, 0.25) is 9.70 Å². The van der Waals surface area contributed by atoms with Gasteiger partial charge < -0.3 is 14.8 Å². The average molecular weight is 458 g/mol. The van der Waals surface area contributed by atoms with Gasteiger partial charge in [0.25, 0.3) is 5.91 Å². The van der Waals surface area contributed by atoms with E-state index in [1.54, 1.807) is 6.92 Å². The molecule has 1 N–H and O–H groups in total. The molecule has 2 aliphatic rings. The molecule has 27 heavy (non-hydrogen) atoms. The molecule has 1 fully saturated rings. The number of hydrogen-bond donors (Lipinski definition) is 1. The summed E-state index contributed by atoms with van der Waals surface area (Å²) in [6, 6.07) is -0.836. The summed E-state index contributed by atoms with van der Waals surface area (Å²) in [5.41, 5.74) is 0.277. The van der Waals surface area contributed by atoms with E-state index in [0.717, 1.165) is 11.8 Å². The van der Waals surface area contributed by atoms with Crippen LogP contribution in [0.3, 0.4) is 0 Å². The number of nitrogens with one attached hydrogen (secondary N) is 1. The third-order valence-corrected chi connectivity index (χ3v) is 5.22. The summed E-state index contributed by atoms with van der Waals surface area (Å²) in [6.45, 7) is 3.53. The van der Waals surface area contributed by atoms with E-state index < -0.39 is 45.6 Å². The molecule has 0 radical (unpaired) electrons. The quantitative estimate of drug-likeness (QED) is 0.298. The van der Waals surface area contributed by atoms with Gasteiger partial charge in [-0.1, -0.05) is 46.6 Å². The molecule has 0 aromatic carbocycles. The molecule has 2 rings (SSSR count). The fourth-order valence-corrected chi connectivity index (χ4v) is 3.85. The molecular formula is C15H15Cl3N2O6S. The van der Waals surface area contributed by atoms with E-state index in [4.69, 9.17) is 44.3 Å². The van der Waals surface area contributed by atoms with Gasteiger partial charge in [0.15, 0.2) is 0 Å². The number of thioether (sulfide) groups is 1. The van der Waals surface area contributed by atoms with Crippen LogP contribution in [0.25, 0.3) is 0 Å². The van der Waals surface area contributed by atoms with Crippen molar-refractivity contribution in [2.24, 2.45) is 0 Å². The predicted octanol–water partition coefficient (Wildman–Crippen LogP) is 2.00. The van der Waals surface area contributed by atoms with E-state index in [0.29, 0.717) is 10.5 Å². The fraction of sp³-hybridized carbons (Fsp3) is 0.467. The number of carbonyl (C=O) groups is 4. The molecular weight excluding hydrogens is 443 g/mol. The summed E-state index contributed by atoms with van der Waals surface area (Å²) >= 11 is 17.9. The summed E-state index contributed by atoms with van der Waals surface area (Å²) in [5, 5.41) is 1.91. The Labute approximate surface area is 174 Å². The number of allylic oxidation sites excluding steroid dienone is 1. The minimum atomic E-state index is -1.82. The minimum Gasteiger partial charge on any atom is -0.456 e. The molecule has 0 aliphatic carbocycles. The van der Waals surface area contributed by atoms with Crippen molar-refractivity contribution in [1.29, 1.82) is 0 Å². The van der Waals surface area contributed by atoms with Gasteiger partial charge in [-0.05, 0) is 12.5 Å². The lowest BCUT2D eigenvalue weighted by Gasteiger charge is -2.49. The Morgan fingerprint density at radius 2 is 1.93 bits per heavy atom. The molecule has 1 unspecified atom stereocenters. The predicted molar refractivity (Wildman–Crippen MR) is 99.6 cm³/mol. The molecule has 2 heterocycles. The Kier molecular flexibility index (Phi) is 6.72. The van der Waals surface area contributed by atoms with E-state index in [2.05, 4.69) is 5.32 Å². The molecule has 2 aliphatic heterocycles. The Hall–Kier alpha value is -1.42. The van der Waals surface area contributed by atoms with Gasteiger partial charge >= 0.3 is 11.9 Å². The highest BCUT2D eigenvalue weighted by Crippen LogP contribution is 2.46. The van der Waals surface area contributed by atoms with Crippen LogP contribution >= 0.6 is 46.6 Å². The third-order valence-electron chi connectivity index (χ3n) is 3.51. The van der Waals surface area contributed by atoms with Gasteiger partial charge in [0.1, 0.15) is 30.0 Å². The largest absolute Gasteiger partial charge is 0.456 e. The van der Waals surface area contributed by atoms with Crippen molar-refractivity contribution >= 4 is 70.3 Å². The maximum atomic E-state index is 12.5. The normalized spacial score (nSPS) is 23.6. The van der Waals surface area contributed by atoms with Crippen LogP contribution in [0.5, 0.6) is 0 Å².